The first-order valence-corrected chi connectivity index (χ1v) is 11.2. The van der Waals surface area contributed by atoms with E-state index in [1.807, 2.05) is 90.3 Å². The number of carbonyl (C=O) groups excluding carboxylic acids is 1. The fourth-order valence-corrected chi connectivity index (χ4v) is 3.81. The van der Waals surface area contributed by atoms with Crippen LogP contribution in [0.3, 0.4) is 0 Å². The summed E-state index contributed by atoms with van der Waals surface area (Å²) in [5, 5.41) is 13.4. The van der Waals surface area contributed by atoms with E-state index in [1.54, 1.807) is 18.6 Å². The van der Waals surface area contributed by atoms with Crippen LogP contribution < -0.4 is 10.3 Å². The zero-order valence-corrected chi connectivity index (χ0v) is 19.1. The van der Waals surface area contributed by atoms with Gasteiger partial charge in [0.25, 0.3) is 5.91 Å². The summed E-state index contributed by atoms with van der Waals surface area (Å²) >= 11 is 1.30. The van der Waals surface area contributed by atoms with Crippen LogP contribution in [0.4, 0.5) is 5.69 Å². The lowest BCUT2D eigenvalue weighted by Crippen LogP contribution is -2.20. The minimum atomic E-state index is -0.228. The molecule has 0 aliphatic heterocycles. The summed E-state index contributed by atoms with van der Waals surface area (Å²) in [5.74, 6) is 0.609. The highest BCUT2D eigenvalue weighted by atomic mass is 32.2. The van der Waals surface area contributed by atoms with Gasteiger partial charge < -0.3 is 4.90 Å². The molecule has 8 nitrogen and oxygen atoms in total. The molecule has 0 radical (unpaired) electrons. The molecule has 1 N–H and O–H groups in total. The van der Waals surface area contributed by atoms with Gasteiger partial charge in [-0.3, -0.25) is 14.3 Å². The van der Waals surface area contributed by atoms with E-state index in [4.69, 9.17) is 0 Å². The fraction of sp³-hybridized carbons (Fsp3) is 0.125. The molecule has 2 aromatic carbocycles. The Morgan fingerprint density at radius 3 is 2.45 bits per heavy atom. The van der Waals surface area contributed by atoms with Crippen molar-refractivity contribution in [1.29, 1.82) is 0 Å². The molecule has 0 atom stereocenters. The average molecular weight is 458 g/mol. The number of nitrogens with zero attached hydrogens (tertiary/aromatic N) is 6. The maximum atomic E-state index is 12.4. The second kappa shape index (κ2) is 10.6. The Balaban J connectivity index is 1.44. The van der Waals surface area contributed by atoms with Crippen LogP contribution in [-0.2, 0) is 4.79 Å². The number of para-hydroxylation sites is 1. The molecular weight excluding hydrogens is 434 g/mol. The number of hydrazone groups is 1. The van der Waals surface area contributed by atoms with Crippen LogP contribution in [0.1, 0.15) is 5.56 Å². The zero-order chi connectivity index (χ0) is 23.0. The summed E-state index contributed by atoms with van der Waals surface area (Å²) < 4.78 is 1.93. The molecule has 1 amide bonds. The maximum Gasteiger partial charge on any atom is 0.250 e. The molecule has 33 heavy (non-hydrogen) atoms. The maximum absolute atomic E-state index is 12.4. The predicted octanol–water partition coefficient (Wildman–Crippen LogP) is 3.64. The van der Waals surface area contributed by atoms with E-state index in [9.17, 15) is 4.79 Å². The number of pyridine rings is 1. The van der Waals surface area contributed by atoms with Gasteiger partial charge in [-0.05, 0) is 42.0 Å². The van der Waals surface area contributed by atoms with Crippen LogP contribution in [0.25, 0.3) is 17.1 Å². The second-order valence-electron chi connectivity index (χ2n) is 7.28. The lowest BCUT2D eigenvalue weighted by Gasteiger charge is -2.11. The van der Waals surface area contributed by atoms with Gasteiger partial charge in [0.15, 0.2) is 11.0 Å². The van der Waals surface area contributed by atoms with Crippen molar-refractivity contribution < 1.29 is 4.79 Å². The summed E-state index contributed by atoms with van der Waals surface area (Å²) in [7, 11) is 3.97. The molecule has 0 spiro atoms. The predicted molar refractivity (Wildman–Crippen MR) is 132 cm³/mol. The van der Waals surface area contributed by atoms with E-state index < -0.39 is 0 Å². The van der Waals surface area contributed by atoms with Crippen molar-refractivity contribution in [2.75, 3.05) is 24.7 Å². The van der Waals surface area contributed by atoms with Gasteiger partial charge in [0, 0.05) is 43.4 Å². The molecule has 9 heteroatoms. The third-order valence-corrected chi connectivity index (χ3v) is 5.66. The smallest absolute Gasteiger partial charge is 0.250 e. The molecule has 0 saturated carbocycles. The Hall–Kier alpha value is -3.98. The van der Waals surface area contributed by atoms with Crippen LogP contribution in [0.2, 0.25) is 0 Å². The van der Waals surface area contributed by atoms with E-state index in [-0.39, 0.29) is 11.7 Å². The Labute approximate surface area is 196 Å². The van der Waals surface area contributed by atoms with Crippen molar-refractivity contribution in [3.63, 3.8) is 0 Å². The van der Waals surface area contributed by atoms with Crippen molar-refractivity contribution in [1.82, 2.24) is 25.2 Å². The minimum absolute atomic E-state index is 0.151. The van der Waals surface area contributed by atoms with E-state index in [0.29, 0.717) is 11.0 Å². The van der Waals surface area contributed by atoms with Crippen LogP contribution in [0, 0.1) is 0 Å². The molecule has 0 bridgehead atoms. The summed E-state index contributed by atoms with van der Waals surface area (Å²) in [6.07, 6.45) is 5.05. The second-order valence-corrected chi connectivity index (χ2v) is 8.22. The minimum Gasteiger partial charge on any atom is -0.378 e. The van der Waals surface area contributed by atoms with E-state index in [0.717, 1.165) is 22.5 Å². The van der Waals surface area contributed by atoms with Crippen molar-refractivity contribution >= 4 is 29.6 Å². The monoisotopic (exact) mass is 457 g/mol. The van der Waals surface area contributed by atoms with Gasteiger partial charge in [-0.15, -0.1) is 10.2 Å². The van der Waals surface area contributed by atoms with E-state index in [2.05, 4.69) is 25.7 Å². The average Bonchev–Trinajstić information content (AvgIpc) is 3.28. The van der Waals surface area contributed by atoms with Crippen molar-refractivity contribution in [3.8, 4) is 17.1 Å². The quantitative estimate of drug-likeness (QED) is 0.247. The first-order chi connectivity index (χ1) is 16.1. The van der Waals surface area contributed by atoms with Gasteiger partial charge in [-0.1, -0.05) is 42.1 Å². The van der Waals surface area contributed by atoms with E-state index >= 15 is 0 Å². The standard InChI is InChI=1S/C24H23N7OS/c1-30(2)20-10-8-18(9-11-20)16-26-27-22(32)17-33-24-29-28-23(19-12-14-25-15-13-19)31(24)21-6-4-3-5-7-21/h3-16H,17H2,1-2H3,(H,27,32)/b26-16+. The molecule has 4 aromatic rings. The first kappa shape index (κ1) is 22.2. The van der Waals surface area contributed by atoms with Crippen molar-refractivity contribution in [3.05, 3.63) is 84.7 Å². The molecule has 0 unspecified atom stereocenters. The Morgan fingerprint density at radius 2 is 1.76 bits per heavy atom. The Bertz CT molecular complexity index is 1220. The summed E-state index contributed by atoms with van der Waals surface area (Å²) in [6, 6.07) is 21.4. The highest BCUT2D eigenvalue weighted by Crippen LogP contribution is 2.27. The van der Waals surface area contributed by atoms with Crippen molar-refractivity contribution in [2.45, 2.75) is 5.16 Å². The number of anilines is 1. The number of aromatic nitrogens is 4. The molecule has 2 heterocycles. The molecule has 2 aromatic heterocycles. The zero-order valence-electron chi connectivity index (χ0n) is 18.3. The third kappa shape index (κ3) is 5.64. The normalized spacial score (nSPS) is 11.0. The molecule has 4 rings (SSSR count). The topological polar surface area (TPSA) is 88.3 Å². The fourth-order valence-electron chi connectivity index (χ4n) is 3.06. The van der Waals surface area contributed by atoms with Crippen LogP contribution in [0.15, 0.2) is 89.4 Å². The molecule has 0 aliphatic carbocycles. The van der Waals surface area contributed by atoms with Crippen LogP contribution >= 0.6 is 11.8 Å². The Morgan fingerprint density at radius 1 is 1.03 bits per heavy atom. The molecule has 166 valence electrons. The molecular formula is C24H23N7OS. The third-order valence-electron chi connectivity index (χ3n) is 4.73. The largest absolute Gasteiger partial charge is 0.378 e. The van der Waals surface area contributed by atoms with Gasteiger partial charge in [-0.25, -0.2) is 5.43 Å². The van der Waals surface area contributed by atoms with Gasteiger partial charge in [0.1, 0.15) is 0 Å². The lowest BCUT2D eigenvalue weighted by atomic mass is 10.2. The molecule has 0 aliphatic rings. The van der Waals surface area contributed by atoms with Crippen molar-refractivity contribution in [2.24, 2.45) is 5.10 Å². The number of rotatable bonds is 8. The summed E-state index contributed by atoms with van der Waals surface area (Å²) in [6.45, 7) is 0. The van der Waals surface area contributed by atoms with Gasteiger partial charge in [0.05, 0.1) is 12.0 Å². The lowest BCUT2D eigenvalue weighted by molar-refractivity contribution is -0.118. The van der Waals surface area contributed by atoms with Gasteiger partial charge >= 0.3 is 0 Å². The number of hydrogen-bond donors (Lipinski definition) is 1. The van der Waals surface area contributed by atoms with Crippen LogP contribution in [0.5, 0.6) is 0 Å². The van der Waals surface area contributed by atoms with Crippen LogP contribution in [-0.4, -0.2) is 51.7 Å². The number of nitrogens with one attached hydrogen (secondary N) is 1. The number of hydrogen-bond acceptors (Lipinski definition) is 7. The Kier molecular flexibility index (Phi) is 7.11. The summed E-state index contributed by atoms with van der Waals surface area (Å²) in [5.41, 5.74) is 6.38. The van der Waals surface area contributed by atoms with Gasteiger partial charge in [0.2, 0.25) is 0 Å². The number of thioether (sulfide) groups is 1. The number of carbonyl (C=O) groups is 1. The molecule has 0 saturated heterocycles. The van der Waals surface area contributed by atoms with E-state index in [1.165, 1.54) is 11.8 Å². The first-order valence-electron chi connectivity index (χ1n) is 10.2. The highest BCUT2D eigenvalue weighted by Gasteiger charge is 2.17. The number of amides is 1. The van der Waals surface area contributed by atoms with Gasteiger partial charge in [-0.2, -0.15) is 5.10 Å². The SMILES string of the molecule is CN(C)c1ccc(/C=N/NC(=O)CSc2nnc(-c3ccncc3)n2-c2ccccc2)cc1. The summed E-state index contributed by atoms with van der Waals surface area (Å²) in [4.78, 5) is 18.4. The highest BCUT2D eigenvalue weighted by molar-refractivity contribution is 7.99. The molecule has 0 fully saturated rings. The number of benzene rings is 2.